The van der Waals surface area contributed by atoms with Crippen LogP contribution >= 0.6 is 0 Å². The molecule has 0 atom stereocenters. The van der Waals surface area contributed by atoms with Crippen LogP contribution in [0.25, 0.3) is 11.1 Å². The Labute approximate surface area is 163 Å². The molecule has 0 spiro atoms. The third-order valence-corrected chi connectivity index (χ3v) is 5.10. The van der Waals surface area contributed by atoms with Crippen molar-refractivity contribution in [1.82, 2.24) is 4.57 Å². The second-order valence-electron chi connectivity index (χ2n) is 7.05. The Kier molecular flexibility index (Phi) is 5.63. The highest BCUT2D eigenvalue weighted by atomic mass is 19.2. The highest BCUT2D eigenvalue weighted by molar-refractivity contribution is 6.02. The van der Waals surface area contributed by atoms with Crippen LogP contribution in [0.15, 0.2) is 42.5 Å². The smallest absolute Gasteiger partial charge is 0.251 e. The molecule has 146 valence electrons. The average Bonchev–Trinajstić information content (AvgIpc) is 2.91. The summed E-state index contributed by atoms with van der Waals surface area (Å²) in [6.07, 6.45) is 1.61. The first kappa shape index (κ1) is 19.8. The minimum absolute atomic E-state index is 0.338. The number of rotatable bonds is 6. The Morgan fingerprint density at radius 1 is 1.07 bits per heavy atom. The van der Waals surface area contributed by atoms with Crippen molar-refractivity contribution < 1.29 is 13.6 Å². The van der Waals surface area contributed by atoms with Crippen molar-refractivity contribution in [3.05, 3.63) is 82.2 Å². The second-order valence-corrected chi connectivity index (χ2v) is 7.05. The number of benzene rings is 2. The Morgan fingerprint density at radius 2 is 1.79 bits per heavy atom. The van der Waals surface area contributed by atoms with Crippen molar-refractivity contribution >= 4 is 5.91 Å². The third-order valence-electron chi connectivity index (χ3n) is 5.10. The van der Waals surface area contributed by atoms with Gasteiger partial charge in [0.15, 0.2) is 11.6 Å². The molecule has 5 heteroatoms. The summed E-state index contributed by atoms with van der Waals surface area (Å²) in [6, 6.07) is 11.8. The number of hydrogen-bond donors (Lipinski definition) is 1. The molecule has 0 fully saturated rings. The van der Waals surface area contributed by atoms with Crippen molar-refractivity contribution in [2.45, 2.75) is 40.2 Å². The van der Waals surface area contributed by atoms with Gasteiger partial charge in [-0.15, -0.1) is 0 Å². The highest BCUT2D eigenvalue weighted by Crippen LogP contribution is 2.36. The van der Waals surface area contributed by atoms with Gasteiger partial charge in [-0.2, -0.15) is 0 Å². The summed E-state index contributed by atoms with van der Waals surface area (Å²) in [6.45, 7) is 6.25. The second kappa shape index (κ2) is 7.97. The van der Waals surface area contributed by atoms with Gasteiger partial charge in [0.1, 0.15) is 0 Å². The molecule has 0 radical (unpaired) electrons. The molecule has 3 aromatic rings. The van der Waals surface area contributed by atoms with E-state index in [0.717, 1.165) is 47.0 Å². The standard InChI is InChI=1S/C23H24F2N2O/c1-4-7-20-22(17-9-6-5-8-14(17)2)21(23(26)28)15(3)27(20)13-16-10-11-18(24)19(25)12-16/h5-6,8-12H,4,7,13H2,1-3H3,(H2,26,28). The summed E-state index contributed by atoms with van der Waals surface area (Å²) >= 11 is 0. The molecule has 0 unspecified atom stereocenters. The molecular weight excluding hydrogens is 358 g/mol. The number of carbonyl (C=O) groups is 1. The molecule has 1 aromatic heterocycles. The van der Waals surface area contributed by atoms with Crippen molar-refractivity contribution in [3.8, 4) is 11.1 Å². The Morgan fingerprint density at radius 3 is 2.39 bits per heavy atom. The summed E-state index contributed by atoms with van der Waals surface area (Å²) < 4.78 is 29.0. The third kappa shape index (κ3) is 3.57. The van der Waals surface area contributed by atoms with Gasteiger partial charge in [0.05, 0.1) is 5.56 Å². The lowest BCUT2D eigenvalue weighted by Gasteiger charge is -2.14. The van der Waals surface area contributed by atoms with Crippen LogP contribution in [0, 0.1) is 25.5 Å². The summed E-state index contributed by atoms with van der Waals surface area (Å²) in [5, 5.41) is 0. The van der Waals surface area contributed by atoms with Crippen molar-refractivity contribution in [2.24, 2.45) is 5.73 Å². The average molecular weight is 382 g/mol. The zero-order valence-electron chi connectivity index (χ0n) is 16.4. The number of hydrogen-bond acceptors (Lipinski definition) is 1. The molecule has 0 aliphatic heterocycles. The van der Waals surface area contributed by atoms with E-state index in [1.807, 2.05) is 42.7 Å². The van der Waals surface area contributed by atoms with Crippen molar-refractivity contribution in [1.29, 1.82) is 0 Å². The van der Waals surface area contributed by atoms with Crippen LogP contribution in [0.1, 0.15) is 46.2 Å². The maximum atomic E-state index is 13.7. The number of carbonyl (C=O) groups excluding carboxylic acids is 1. The molecule has 1 amide bonds. The zero-order valence-corrected chi connectivity index (χ0v) is 16.4. The van der Waals surface area contributed by atoms with E-state index in [4.69, 9.17) is 5.73 Å². The van der Waals surface area contributed by atoms with E-state index >= 15 is 0 Å². The van der Waals surface area contributed by atoms with E-state index < -0.39 is 17.5 Å². The number of nitrogens with two attached hydrogens (primary N) is 1. The predicted octanol–water partition coefficient (Wildman–Crippen LogP) is 5.15. The molecule has 3 rings (SSSR count). The van der Waals surface area contributed by atoms with E-state index in [2.05, 4.69) is 6.92 Å². The van der Waals surface area contributed by atoms with Gasteiger partial charge in [0, 0.05) is 23.5 Å². The van der Waals surface area contributed by atoms with Crippen molar-refractivity contribution in [3.63, 3.8) is 0 Å². The topological polar surface area (TPSA) is 48.0 Å². The van der Waals surface area contributed by atoms with Gasteiger partial charge in [-0.3, -0.25) is 4.79 Å². The first-order valence-electron chi connectivity index (χ1n) is 9.36. The van der Waals surface area contributed by atoms with Gasteiger partial charge >= 0.3 is 0 Å². The largest absolute Gasteiger partial charge is 0.366 e. The zero-order chi connectivity index (χ0) is 20.4. The molecule has 28 heavy (non-hydrogen) atoms. The van der Waals surface area contributed by atoms with Gasteiger partial charge in [0.25, 0.3) is 5.91 Å². The minimum atomic E-state index is -0.881. The molecule has 3 nitrogen and oxygen atoms in total. The van der Waals surface area contributed by atoms with Gasteiger partial charge in [-0.1, -0.05) is 43.7 Å². The summed E-state index contributed by atoms with van der Waals surface area (Å²) in [5.41, 5.74) is 11.4. The van der Waals surface area contributed by atoms with E-state index in [0.29, 0.717) is 17.7 Å². The van der Waals surface area contributed by atoms with E-state index in [1.165, 1.54) is 6.07 Å². The SMILES string of the molecule is CCCc1c(-c2ccccc2C)c(C(N)=O)c(C)n1Cc1ccc(F)c(F)c1. The molecule has 2 N–H and O–H groups in total. The van der Waals surface area contributed by atoms with Gasteiger partial charge in [0.2, 0.25) is 0 Å². The van der Waals surface area contributed by atoms with Crippen LogP contribution in [0.4, 0.5) is 8.78 Å². The van der Waals surface area contributed by atoms with Crippen LogP contribution in [-0.2, 0) is 13.0 Å². The van der Waals surface area contributed by atoms with E-state index in [9.17, 15) is 13.6 Å². The fraction of sp³-hybridized carbons (Fsp3) is 0.261. The van der Waals surface area contributed by atoms with Gasteiger partial charge in [-0.25, -0.2) is 8.78 Å². The first-order valence-corrected chi connectivity index (χ1v) is 9.36. The maximum Gasteiger partial charge on any atom is 0.251 e. The minimum Gasteiger partial charge on any atom is -0.366 e. The number of aryl methyl sites for hydroxylation is 1. The van der Waals surface area contributed by atoms with Crippen LogP contribution in [0.3, 0.4) is 0 Å². The lowest BCUT2D eigenvalue weighted by atomic mass is 9.94. The number of amides is 1. The molecule has 0 bridgehead atoms. The molecular formula is C23H24F2N2O. The number of aromatic nitrogens is 1. The number of primary amides is 1. The summed E-state index contributed by atoms with van der Waals surface area (Å²) in [7, 11) is 0. The molecule has 0 saturated carbocycles. The van der Waals surface area contributed by atoms with Gasteiger partial charge in [-0.05, 0) is 49.1 Å². The fourth-order valence-corrected chi connectivity index (χ4v) is 3.77. The Bertz CT molecular complexity index is 1040. The fourth-order valence-electron chi connectivity index (χ4n) is 3.77. The maximum absolute atomic E-state index is 13.7. The Hall–Kier alpha value is -2.95. The summed E-state index contributed by atoms with van der Waals surface area (Å²) in [5.74, 6) is -2.24. The van der Waals surface area contributed by atoms with E-state index in [1.54, 1.807) is 6.07 Å². The van der Waals surface area contributed by atoms with Crippen LogP contribution in [0.5, 0.6) is 0 Å². The van der Waals surface area contributed by atoms with E-state index in [-0.39, 0.29) is 0 Å². The molecule has 0 saturated heterocycles. The lowest BCUT2D eigenvalue weighted by molar-refractivity contribution is 0.1000. The molecule has 0 aliphatic rings. The highest BCUT2D eigenvalue weighted by Gasteiger charge is 2.25. The summed E-state index contributed by atoms with van der Waals surface area (Å²) in [4.78, 5) is 12.3. The quantitative estimate of drug-likeness (QED) is 0.630. The number of halogens is 2. The van der Waals surface area contributed by atoms with Crippen LogP contribution in [-0.4, -0.2) is 10.5 Å². The number of nitrogens with zero attached hydrogens (tertiary/aromatic N) is 1. The monoisotopic (exact) mass is 382 g/mol. The normalized spacial score (nSPS) is 11.0. The molecule has 0 aliphatic carbocycles. The van der Waals surface area contributed by atoms with Gasteiger partial charge < -0.3 is 10.3 Å². The van der Waals surface area contributed by atoms with Crippen LogP contribution in [0.2, 0.25) is 0 Å². The first-order chi connectivity index (χ1) is 13.3. The Balaban J connectivity index is 2.25. The lowest BCUT2D eigenvalue weighted by Crippen LogP contribution is -2.14. The van der Waals surface area contributed by atoms with Crippen molar-refractivity contribution in [2.75, 3.05) is 0 Å². The van der Waals surface area contributed by atoms with Crippen LogP contribution < -0.4 is 5.73 Å². The molecule has 1 heterocycles. The molecule has 2 aromatic carbocycles. The predicted molar refractivity (Wildman–Crippen MR) is 107 cm³/mol.